The van der Waals surface area contributed by atoms with Crippen LogP contribution in [0.2, 0.25) is 0 Å². The Morgan fingerprint density at radius 1 is 1.12 bits per heavy atom. The molecule has 1 aromatic heterocycles. The molecule has 0 saturated carbocycles. The van der Waals surface area contributed by atoms with Crippen molar-refractivity contribution in [2.45, 2.75) is 19.8 Å². The van der Waals surface area contributed by atoms with Crippen LogP contribution < -0.4 is 10.2 Å². The van der Waals surface area contributed by atoms with Gasteiger partial charge in [0.05, 0.1) is 0 Å². The normalized spacial score (nSPS) is 20.0. The van der Waals surface area contributed by atoms with E-state index in [1.54, 1.807) is 0 Å². The molecule has 2 aliphatic rings. The number of aliphatic imine (C=N–C) groups is 1. The largest absolute Gasteiger partial charge is 0.355 e. The smallest absolute Gasteiger partial charge is 0.225 e. The van der Waals surface area contributed by atoms with Crippen molar-refractivity contribution in [3.8, 4) is 0 Å². The Morgan fingerprint density at radius 3 is 2.38 bits per heavy atom. The molecule has 146 valence electrons. The van der Waals surface area contributed by atoms with Crippen LogP contribution in [-0.2, 0) is 0 Å². The Balaban J connectivity index is 0.00000243. The Morgan fingerprint density at radius 2 is 1.77 bits per heavy atom. The van der Waals surface area contributed by atoms with Gasteiger partial charge >= 0.3 is 0 Å². The molecule has 8 heteroatoms. The van der Waals surface area contributed by atoms with E-state index in [9.17, 15) is 0 Å². The summed E-state index contributed by atoms with van der Waals surface area (Å²) >= 11 is 0. The quantitative estimate of drug-likeness (QED) is 0.407. The lowest BCUT2D eigenvalue weighted by molar-refractivity contribution is 0.253. The minimum atomic E-state index is 0. The highest BCUT2D eigenvalue weighted by Gasteiger charge is 2.20. The fourth-order valence-corrected chi connectivity index (χ4v) is 3.50. The number of nitrogens with one attached hydrogen (secondary N) is 1. The highest BCUT2D eigenvalue weighted by molar-refractivity contribution is 14.0. The van der Waals surface area contributed by atoms with Crippen molar-refractivity contribution in [1.29, 1.82) is 0 Å². The van der Waals surface area contributed by atoms with Crippen LogP contribution in [-0.4, -0.2) is 85.1 Å². The fraction of sp³-hybridized carbons (Fsp3) is 0.722. The standard InChI is InChI=1S/C18H31N7.HI/c1-16-4-9-24(10-5-16)17(19-2)22-8-11-23-12-14-25(15-13-23)18-20-6-3-7-21-18;/h3,6-7,16H,4-5,8-15H2,1-2H3,(H,19,22);1H. The van der Waals surface area contributed by atoms with Gasteiger partial charge in [0, 0.05) is 71.8 Å². The van der Waals surface area contributed by atoms with Crippen molar-refractivity contribution in [1.82, 2.24) is 25.1 Å². The van der Waals surface area contributed by atoms with Crippen LogP contribution in [0.1, 0.15) is 19.8 Å². The van der Waals surface area contributed by atoms with Gasteiger partial charge in [-0.05, 0) is 24.8 Å². The molecule has 1 aromatic rings. The van der Waals surface area contributed by atoms with Crippen LogP contribution in [0.4, 0.5) is 5.95 Å². The molecule has 1 N–H and O–H groups in total. The van der Waals surface area contributed by atoms with Crippen molar-refractivity contribution >= 4 is 35.9 Å². The Labute approximate surface area is 174 Å². The first kappa shape index (κ1) is 21.1. The number of piperazine rings is 1. The molecular formula is C18H32IN7. The molecule has 0 aromatic carbocycles. The molecule has 3 rings (SSSR count). The van der Waals surface area contributed by atoms with Gasteiger partial charge in [0.2, 0.25) is 5.95 Å². The summed E-state index contributed by atoms with van der Waals surface area (Å²) in [5, 5.41) is 3.54. The third kappa shape index (κ3) is 5.94. The van der Waals surface area contributed by atoms with Crippen molar-refractivity contribution in [2.75, 3.05) is 64.3 Å². The highest BCUT2D eigenvalue weighted by atomic mass is 127. The van der Waals surface area contributed by atoms with Crippen LogP contribution in [0.3, 0.4) is 0 Å². The van der Waals surface area contributed by atoms with Gasteiger partial charge in [0.1, 0.15) is 0 Å². The monoisotopic (exact) mass is 473 g/mol. The minimum Gasteiger partial charge on any atom is -0.355 e. The predicted octanol–water partition coefficient (Wildman–Crippen LogP) is 1.52. The second-order valence-corrected chi connectivity index (χ2v) is 7.02. The molecule has 0 bridgehead atoms. The first-order valence-corrected chi connectivity index (χ1v) is 9.46. The molecule has 7 nitrogen and oxygen atoms in total. The summed E-state index contributed by atoms with van der Waals surface area (Å²) in [6.07, 6.45) is 6.16. The summed E-state index contributed by atoms with van der Waals surface area (Å²) < 4.78 is 0. The third-order valence-electron chi connectivity index (χ3n) is 5.21. The molecule has 0 atom stereocenters. The van der Waals surface area contributed by atoms with Crippen LogP contribution in [0.15, 0.2) is 23.5 Å². The van der Waals surface area contributed by atoms with Crippen LogP contribution in [0.5, 0.6) is 0 Å². The minimum absolute atomic E-state index is 0. The third-order valence-corrected chi connectivity index (χ3v) is 5.21. The lowest BCUT2D eigenvalue weighted by Gasteiger charge is -2.35. The van der Waals surface area contributed by atoms with Crippen molar-refractivity contribution in [3.63, 3.8) is 0 Å². The first-order chi connectivity index (χ1) is 12.3. The van der Waals surface area contributed by atoms with E-state index >= 15 is 0 Å². The highest BCUT2D eigenvalue weighted by Crippen LogP contribution is 2.15. The van der Waals surface area contributed by atoms with E-state index < -0.39 is 0 Å². The van der Waals surface area contributed by atoms with Crippen LogP contribution in [0, 0.1) is 5.92 Å². The van der Waals surface area contributed by atoms with Gasteiger partial charge in [-0.3, -0.25) is 9.89 Å². The molecule has 3 heterocycles. The van der Waals surface area contributed by atoms with E-state index in [4.69, 9.17) is 0 Å². The predicted molar refractivity (Wildman–Crippen MR) is 117 cm³/mol. The maximum Gasteiger partial charge on any atom is 0.225 e. The molecule has 2 saturated heterocycles. The molecule has 26 heavy (non-hydrogen) atoms. The van der Waals surface area contributed by atoms with E-state index in [0.29, 0.717) is 0 Å². The van der Waals surface area contributed by atoms with Gasteiger partial charge in [-0.2, -0.15) is 0 Å². The Bertz CT molecular complexity index is 538. The number of likely N-dealkylation sites (tertiary alicyclic amines) is 1. The van der Waals surface area contributed by atoms with E-state index in [0.717, 1.165) is 70.2 Å². The van der Waals surface area contributed by atoms with E-state index in [1.807, 2.05) is 25.5 Å². The molecule has 0 unspecified atom stereocenters. The summed E-state index contributed by atoms with van der Waals surface area (Å²) in [5.41, 5.74) is 0. The summed E-state index contributed by atoms with van der Waals surface area (Å²) in [6.45, 7) is 10.7. The van der Waals surface area contributed by atoms with Crippen molar-refractivity contribution in [2.24, 2.45) is 10.9 Å². The molecule has 2 aliphatic heterocycles. The van der Waals surface area contributed by atoms with Crippen molar-refractivity contribution < 1.29 is 0 Å². The van der Waals surface area contributed by atoms with Gasteiger partial charge in [-0.15, -0.1) is 24.0 Å². The topological polar surface area (TPSA) is 59.9 Å². The number of halogens is 1. The SMILES string of the molecule is CN=C(NCCN1CCN(c2ncccn2)CC1)N1CCC(C)CC1.I. The zero-order valence-corrected chi connectivity index (χ0v) is 18.3. The van der Waals surface area contributed by atoms with Gasteiger partial charge < -0.3 is 15.1 Å². The van der Waals surface area contributed by atoms with Gasteiger partial charge in [0.25, 0.3) is 0 Å². The molecule has 0 amide bonds. The van der Waals surface area contributed by atoms with Crippen molar-refractivity contribution in [3.05, 3.63) is 18.5 Å². The summed E-state index contributed by atoms with van der Waals surface area (Å²) in [5.74, 6) is 2.75. The molecule has 0 aliphatic carbocycles. The first-order valence-electron chi connectivity index (χ1n) is 9.46. The molecule has 2 fully saturated rings. The van der Waals surface area contributed by atoms with Gasteiger partial charge in [0.15, 0.2) is 5.96 Å². The van der Waals surface area contributed by atoms with Gasteiger partial charge in [-0.25, -0.2) is 9.97 Å². The van der Waals surface area contributed by atoms with Crippen LogP contribution >= 0.6 is 24.0 Å². The molecular weight excluding hydrogens is 441 g/mol. The van der Waals surface area contributed by atoms with E-state index in [1.165, 1.54) is 12.8 Å². The second kappa shape index (κ2) is 10.9. The van der Waals surface area contributed by atoms with Crippen LogP contribution in [0.25, 0.3) is 0 Å². The number of guanidine groups is 1. The maximum atomic E-state index is 4.46. The summed E-state index contributed by atoms with van der Waals surface area (Å²) in [6, 6.07) is 1.86. The maximum absolute atomic E-state index is 4.46. The zero-order chi connectivity index (χ0) is 17.5. The Kier molecular flexibility index (Phi) is 8.83. The number of nitrogens with zero attached hydrogens (tertiary/aromatic N) is 6. The zero-order valence-electron chi connectivity index (χ0n) is 16.0. The fourth-order valence-electron chi connectivity index (χ4n) is 3.50. The summed E-state index contributed by atoms with van der Waals surface area (Å²) in [4.78, 5) is 20.3. The lowest BCUT2D eigenvalue weighted by Crippen LogP contribution is -2.50. The second-order valence-electron chi connectivity index (χ2n) is 7.02. The Hall–Kier alpha value is -1.16. The number of aromatic nitrogens is 2. The molecule has 0 spiro atoms. The van der Waals surface area contributed by atoms with E-state index in [-0.39, 0.29) is 24.0 Å². The number of piperidine rings is 1. The average molecular weight is 473 g/mol. The van der Waals surface area contributed by atoms with E-state index in [2.05, 4.69) is 41.9 Å². The van der Waals surface area contributed by atoms with Gasteiger partial charge in [-0.1, -0.05) is 6.92 Å². The number of rotatable bonds is 4. The number of hydrogen-bond acceptors (Lipinski definition) is 5. The number of hydrogen-bond donors (Lipinski definition) is 1. The number of anilines is 1. The average Bonchev–Trinajstić information content (AvgIpc) is 2.67. The lowest BCUT2D eigenvalue weighted by atomic mass is 10.00. The summed E-state index contributed by atoms with van der Waals surface area (Å²) in [7, 11) is 1.89. The molecule has 0 radical (unpaired) electrons.